The Hall–Kier alpha value is -2.47. The van der Waals surface area contributed by atoms with Crippen LogP contribution in [-0.4, -0.2) is 42.1 Å². The highest BCUT2D eigenvalue weighted by atomic mass is 32.2. The van der Waals surface area contributed by atoms with Crippen molar-refractivity contribution in [2.45, 2.75) is 105 Å². The number of aryl methyl sites for hydroxylation is 2. The molecule has 0 amide bonds. The van der Waals surface area contributed by atoms with Crippen LogP contribution in [0.3, 0.4) is 0 Å². The minimum atomic E-state index is -0.601. The number of methoxy groups -OCH3 is 1. The van der Waals surface area contributed by atoms with E-state index in [9.17, 15) is 9.59 Å². The van der Waals surface area contributed by atoms with Crippen molar-refractivity contribution in [3.63, 3.8) is 0 Å². The molecule has 1 aromatic carbocycles. The van der Waals surface area contributed by atoms with Gasteiger partial charge in [-0.1, -0.05) is 44.8 Å². The predicted molar refractivity (Wildman–Crippen MR) is 170 cm³/mol. The van der Waals surface area contributed by atoms with E-state index >= 15 is 0 Å². The van der Waals surface area contributed by atoms with Gasteiger partial charge in [-0.2, -0.15) is 11.8 Å². The molecule has 0 bridgehead atoms. The highest BCUT2D eigenvalue weighted by Gasteiger charge is 2.42. The fourth-order valence-corrected chi connectivity index (χ4v) is 7.13. The molecule has 0 saturated heterocycles. The van der Waals surface area contributed by atoms with Gasteiger partial charge in [0.2, 0.25) is 0 Å². The summed E-state index contributed by atoms with van der Waals surface area (Å²) in [5, 5.41) is 0.774. The maximum absolute atomic E-state index is 13.4. The van der Waals surface area contributed by atoms with Crippen LogP contribution in [0.1, 0.15) is 102 Å². The first-order valence-electron chi connectivity index (χ1n) is 14.9. The fraction of sp³-hybridized carbons (Fsp3) is 0.600. The maximum atomic E-state index is 13.4. The van der Waals surface area contributed by atoms with Gasteiger partial charge < -0.3 is 14.2 Å². The zero-order valence-corrected chi connectivity index (χ0v) is 27.7. The lowest BCUT2D eigenvalue weighted by atomic mass is 9.66. The lowest BCUT2D eigenvalue weighted by Crippen LogP contribution is -2.35. The van der Waals surface area contributed by atoms with Gasteiger partial charge in [-0.05, 0) is 96.1 Å². The highest BCUT2D eigenvalue weighted by molar-refractivity contribution is 7.99. The standard InChI is InChI=1S/C35H50O5S/c1-22-20-26(21-23(2)31(22)39-18-19-41-27-14-12-11-13-15-27)29(36)17-16-28-32(38-10)24(3)30(25(4)35(28,8)9)33(37)40-34(5,6)7/h16-17,20-21,27-28H,11-15,18-19H2,1-10H3. The third kappa shape index (κ3) is 8.09. The Kier molecular flexibility index (Phi) is 11.0. The summed E-state index contributed by atoms with van der Waals surface area (Å²) in [6, 6.07) is 3.83. The van der Waals surface area contributed by atoms with Gasteiger partial charge in [0.1, 0.15) is 17.1 Å². The Morgan fingerprint density at radius 2 is 1.63 bits per heavy atom. The molecule has 6 heteroatoms. The number of ketones is 1. The van der Waals surface area contributed by atoms with E-state index in [1.54, 1.807) is 13.2 Å². The van der Waals surface area contributed by atoms with Gasteiger partial charge in [0.25, 0.3) is 0 Å². The number of benzene rings is 1. The fourth-order valence-electron chi connectivity index (χ4n) is 5.95. The van der Waals surface area contributed by atoms with Crippen LogP contribution in [0.4, 0.5) is 0 Å². The molecule has 1 atom stereocenters. The summed E-state index contributed by atoms with van der Waals surface area (Å²) in [5.74, 6) is 1.90. The van der Waals surface area contributed by atoms with Crippen molar-refractivity contribution in [1.82, 2.24) is 0 Å². The van der Waals surface area contributed by atoms with Crippen LogP contribution in [0.2, 0.25) is 0 Å². The molecule has 3 rings (SSSR count). The zero-order chi connectivity index (χ0) is 30.5. The van der Waals surface area contributed by atoms with Crippen LogP contribution in [0.5, 0.6) is 5.75 Å². The summed E-state index contributed by atoms with van der Waals surface area (Å²) < 4.78 is 17.7. The van der Waals surface area contributed by atoms with E-state index < -0.39 is 11.0 Å². The Labute approximate surface area is 252 Å². The molecule has 2 aliphatic rings. The van der Waals surface area contributed by atoms with E-state index in [1.165, 1.54) is 32.1 Å². The number of carbonyl (C=O) groups excluding carboxylic acids is 2. The van der Waals surface area contributed by atoms with Crippen molar-refractivity contribution in [3.8, 4) is 5.75 Å². The van der Waals surface area contributed by atoms with Crippen LogP contribution >= 0.6 is 11.8 Å². The summed E-state index contributed by atoms with van der Waals surface area (Å²) in [5.41, 5.74) is 3.72. The summed E-state index contributed by atoms with van der Waals surface area (Å²) >= 11 is 2.03. The molecular weight excluding hydrogens is 532 g/mol. The zero-order valence-electron chi connectivity index (χ0n) is 26.9. The van der Waals surface area contributed by atoms with Crippen LogP contribution < -0.4 is 4.74 Å². The molecule has 5 nitrogen and oxygen atoms in total. The second kappa shape index (κ2) is 13.7. The number of allylic oxidation sites excluding steroid dienone is 3. The smallest absolute Gasteiger partial charge is 0.339 e. The van der Waals surface area contributed by atoms with Gasteiger partial charge in [-0.3, -0.25) is 4.79 Å². The van der Waals surface area contributed by atoms with Crippen LogP contribution in [-0.2, 0) is 14.3 Å². The van der Waals surface area contributed by atoms with E-state index in [1.807, 2.05) is 78.4 Å². The first-order chi connectivity index (χ1) is 19.2. The minimum Gasteiger partial charge on any atom is -0.500 e. The van der Waals surface area contributed by atoms with Crippen molar-refractivity contribution in [3.05, 3.63) is 63.5 Å². The average molecular weight is 583 g/mol. The molecule has 0 radical (unpaired) electrons. The number of esters is 1. The summed E-state index contributed by atoms with van der Waals surface area (Å²) in [7, 11) is 1.62. The minimum absolute atomic E-state index is 0.0703. The second-order valence-electron chi connectivity index (χ2n) is 13.0. The molecule has 0 aliphatic heterocycles. The number of rotatable bonds is 10. The van der Waals surface area contributed by atoms with E-state index in [0.717, 1.165) is 39.0 Å². The van der Waals surface area contributed by atoms with E-state index in [4.69, 9.17) is 14.2 Å². The normalized spacial score (nSPS) is 20.0. The molecule has 0 N–H and O–H groups in total. The predicted octanol–water partition coefficient (Wildman–Crippen LogP) is 8.72. The summed E-state index contributed by atoms with van der Waals surface area (Å²) in [6.07, 6.45) is 10.3. The third-order valence-electron chi connectivity index (χ3n) is 8.39. The second-order valence-corrected chi connectivity index (χ2v) is 14.4. The topological polar surface area (TPSA) is 61.8 Å². The van der Waals surface area contributed by atoms with Gasteiger partial charge in [0, 0.05) is 28.1 Å². The van der Waals surface area contributed by atoms with Gasteiger partial charge >= 0.3 is 5.97 Å². The van der Waals surface area contributed by atoms with Gasteiger partial charge in [0.15, 0.2) is 5.78 Å². The van der Waals surface area contributed by atoms with E-state index in [2.05, 4.69) is 13.8 Å². The van der Waals surface area contributed by atoms with Crippen LogP contribution in [0.25, 0.3) is 0 Å². The number of hydrogen-bond donors (Lipinski definition) is 0. The Morgan fingerprint density at radius 3 is 2.20 bits per heavy atom. The maximum Gasteiger partial charge on any atom is 0.339 e. The Balaban J connectivity index is 1.75. The molecule has 226 valence electrons. The molecule has 1 saturated carbocycles. The first-order valence-corrected chi connectivity index (χ1v) is 16.0. The van der Waals surface area contributed by atoms with Crippen molar-refractivity contribution < 1.29 is 23.8 Å². The van der Waals surface area contributed by atoms with Gasteiger partial charge in [-0.25, -0.2) is 4.79 Å². The molecule has 1 aromatic rings. The lowest BCUT2D eigenvalue weighted by Gasteiger charge is -2.40. The van der Waals surface area contributed by atoms with Crippen molar-refractivity contribution >= 4 is 23.5 Å². The lowest BCUT2D eigenvalue weighted by molar-refractivity contribution is -0.149. The average Bonchev–Trinajstić information content (AvgIpc) is 2.88. The number of carbonyl (C=O) groups is 2. The quantitative estimate of drug-likeness (QED) is 0.119. The highest BCUT2D eigenvalue weighted by Crippen LogP contribution is 2.48. The van der Waals surface area contributed by atoms with Gasteiger partial charge in [0.05, 0.1) is 19.3 Å². The molecule has 0 spiro atoms. The molecule has 0 aromatic heterocycles. The number of ether oxygens (including phenoxy) is 3. The molecule has 41 heavy (non-hydrogen) atoms. The summed E-state index contributed by atoms with van der Waals surface area (Å²) in [4.78, 5) is 26.5. The van der Waals surface area contributed by atoms with Gasteiger partial charge in [-0.15, -0.1) is 0 Å². The monoisotopic (exact) mass is 582 g/mol. The van der Waals surface area contributed by atoms with Crippen molar-refractivity contribution in [1.29, 1.82) is 0 Å². The third-order valence-corrected chi connectivity index (χ3v) is 9.73. The molecule has 1 unspecified atom stereocenters. The summed E-state index contributed by atoms with van der Waals surface area (Å²) in [6.45, 7) is 18.3. The number of thioether (sulfide) groups is 1. The van der Waals surface area contributed by atoms with E-state index in [-0.39, 0.29) is 17.7 Å². The molecule has 1 fully saturated rings. The Morgan fingerprint density at radius 1 is 1.02 bits per heavy atom. The number of hydrogen-bond acceptors (Lipinski definition) is 6. The van der Waals surface area contributed by atoms with Crippen LogP contribution in [0, 0.1) is 25.2 Å². The molecule has 2 aliphatic carbocycles. The first kappa shape index (κ1) is 33.0. The van der Waals surface area contributed by atoms with Crippen molar-refractivity contribution in [2.75, 3.05) is 19.5 Å². The van der Waals surface area contributed by atoms with Crippen molar-refractivity contribution in [2.24, 2.45) is 11.3 Å². The van der Waals surface area contributed by atoms with Crippen LogP contribution in [0.15, 0.2) is 46.8 Å². The largest absolute Gasteiger partial charge is 0.500 e. The van der Waals surface area contributed by atoms with E-state index in [0.29, 0.717) is 23.5 Å². The molecular formula is C35H50O5S. The Bertz CT molecular complexity index is 1200. The molecule has 0 heterocycles. The SMILES string of the molecule is COC1=C(C)C(C(=O)OC(C)(C)C)=C(C)C(C)(C)C1C=CC(=O)c1cc(C)c(OCCSC2CCCCC2)c(C)c1.